The van der Waals surface area contributed by atoms with Crippen LogP contribution in [0.4, 0.5) is 4.79 Å². The van der Waals surface area contributed by atoms with Gasteiger partial charge in [0.25, 0.3) is 0 Å². The Labute approximate surface area is 282 Å². The highest BCUT2D eigenvalue weighted by atomic mass is 16.3. The molecule has 4 aromatic carbocycles. The summed E-state index contributed by atoms with van der Waals surface area (Å²) in [5, 5.41) is 30.6. The van der Waals surface area contributed by atoms with Crippen molar-refractivity contribution in [2.75, 3.05) is 0 Å². The highest BCUT2D eigenvalue weighted by Crippen LogP contribution is 2.31. The summed E-state index contributed by atoms with van der Waals surface area (Å²) in [5.41, 5.74) is 4.94. The van der Waals surface area contributed by atoms with E-state index in [1.54, 1.807) is 9.80 Å². The molecule has 1 heterocycles. The van der Waals surface area contributed by atoms with Crippen LogP contribution in [0, 0.1) is 9.81 Å². The van der Waals surface area contributed by atoms with Crippen molar-refractivity contribution in [2.24, 2.45) is 10.4 Å². The molecule has 2 N–H and O–H groups in total. The van der Waals surface area contributed by atoms with Gasteiger partial charge in [-0.2, -0.15) is 9.81 Å². The molecule has 1 fully saturated rings. The zero-order chi connectivity index (χ0) is 34.0. The number of hydrogen-bond donors (Lipinski definition) is 2. The number of aliphatic hydroxyl groups is 2. The summed E-state index contributed by atoms with van der Waals surface area (Å²) in [6, 6.07) is 31.4. The predicted molar refractivity (Wildman–Crippen MR) is 187 cm³/mol. The number of urea groups is 1. The molecule has 6 atom stereocenters. The number of aliphatic hydroxyl groups excluding tert-OH is 2. The summed E-state index contributed by atoms with van der Waals surface area (Å²) in [6.45, 7) is 4.09. The first kappa shape index (κ1) is 34.6. The number of nitroso groups, excluding NO2 is 2. The van der Waals surface area contributed by atoms with Crippen LogP contribution in [0.3, 0.4) is 0 Å². The number of carbonyl (C=O) groups excluding carboxylic acids is 1. The molecule has 48 heavy (non-hydrogen) atoms. The summed E-state index contributed by atoms with van der Waals surface area (Å²) in [7, 11) is 0. The SMILES string of the molecule is CCC(N=O)c1cccc(CN2C(=O)N(Cc3cccc(C(CC)N=O)c3)[C@H](Cc3ccccc3)[C@H](O)[C@@H](O)[C@H]2Cc2ccccc2)c1. The molecule has 9 nitrogen and oxygen atoms in total. The van der Waals surface area contributed by atoms with Crippen LogP contribution in [0.25, 0.3) is 0 Å². The number of amides is 2. The summed E-state index contributed by atoms with van der Waals surface area (Å²) in [6.07, 6.45) is -0.810. The molecule has 4 aromatic rings. The summed E-state index contributed by atoms with van der Waals surface area (Å²) < 4.78 is 0. The second-order valence-corrected chi connectivity index (χ2v) is 12.6. The van der Waals surface area contributed by atoms with Crippen LogP contribution < -0.4 is 0 Å². The first-order valence-corrected chi connectivity index (χ1v) is 16.7. The van der Waals surface area contributed by atoms with Gasteiger partial charge in [0.15, 0.2) is 0 Å². The van der Waals surface area contributed by atoms with Crippen molar-refractivity contribution in [3.05, 3.63) is 152 Å². The highest BCUT2D eigenvalue weighted by Gasteiger charge is 2.46. The van der Waals surface area contributed by atoms with Gasteiger partial charge in [-0.15, -0.1) is 0 Å². The number of rotatable bonds is 14. The van der Waals surface area contributed by atoms with Gasteiger partial charge in [-0.05, 0) is 59.1 Å². The molecule has 1 saturated heterocycles. The molecule has 0 aliphatic carbocycles. The minimum atomic E-state index is -1.27. The highest BCUT2D eigenvalue weighted by molar-refractivity contribution is 5.76. The Morgan fingerprint density at radius 2 is 0.958 bits per heavy atom. The molecule has 0 aromatic heterocycles. The Morgan fingerprint density at radius 3 is 1.31 bits per heavy atom. The van der Waals surface area contributed by atoms with E-state index in [1.807, 2.05) is 123 Å². The molecular weight excluding hydrogens is 604 g/mol. The van der Waals surface area contributed by atoms with E-state index in [-0.39, 0.29) is 19.1 Å². The molecular formula is C39H44N4O5. The maximum Gasteiger partial charge on any atom is 0.321 e. The monoisotopic (exact) mass is 648 g/mol. The van der Waals surface area contributed by atoms with Crippen molar-refractivity contribution >= 4 is 6.03 Å². The van der Waals surface area contributed by atoms with Crippen molar-refractivity contribution in [3.63, 3.8) is 0 Å². The molecule has 2 amide bonds. The lowest BCUT2D eigenvalue weighted by molar-refractivity contribution is -0.0408. The van der Waals surface area contributed by atoms with Gasteiger partial charge < -0.3 is 20.0 Å². The Bertz CT molecular complexity index is 1530. The van der Waals surface area contributed by atoms with E-state index in [0.717, 1.165) is 33.4 Å². The van der Waals surface area contributed by atoms with Crippen molar-refractivity contribution in [2.45, 2.75) is 89.0 Å². The van der Waals surface area contributed by atoms with Crippen molar-refractivity contribution in [1.82, 2.24) is 9.80 Å². The molecule has 0 bridgehead atoms. The Morgan fingerprint density at radius 1 is 0.583 bits per heavy atom. The molecule has 0 radical (unpaired) electrons. The molecule has 250 valence electrons. The van der Waals surface area contributed by atoms with E-state index in [2.05, 4.69) is 10.4 Å². The Kier molecular flexibility index (Phi) is 11.8. The van der Waals surface area contributed by atoms with Crippen LogP contribution in [0.2, 0.25) is 0 Å². The van der Waals surface area contributed by atoms with Gasteiger partial charge in [0, 0.05) is 13.1 Å². The van der Waals surface area contributed by atoms with Gasteiger partial charge in [0.2, 0.25) is 0 Å². The average Bonchev–Trinajstić information content (AvgIpc) is 3.18. The molecule has 0 saturated carbocycles. The molecule has 5 rings (SSSR count). The Hall–Kier alpha value is -4.73. The van der Waals surface area contributed by atoms with Crippen LogP contribution >= 0.6 is 0 Å². The van der Waals surface area contributed by atoms with E-state index in [0.29, 0.717) is 25.7 Å². The number of nitrogens with zero attached hydrogens (tertiary/aromatic N) is 4. The fourth-order valence-electron chi connectivity index (χ4n) is 6.75. The van der Waals surface area contributed by atoms with E-state index in [9.17, 15) is 20.0 Å². The first-order chi connectivity index (χ1) is 23.4. The van der Waals surface area contributed by atoms with E-state index in [4.69, 9.17) is 0 Å². The zero-order valence-electron chi connectivity index (χ0n) is 27.5. The van der Waals surface area contributed by atoms with E-state index in [1.165, 1.54) is 0 Å². The van der Waals surface area contributed by atoms with Gasteiger partial charge in [-0.1, -0.05) is 133 Å². The molecule has 2 unspecified atom stereocenters. The predicted octanol–water partition coefficient (Wildman–Crippen LogP) is 7.50. The van der Waals surface area contributed by atoms with Crippen molar-refractivity contribution < 1.29 is 15.0 Å². The van der Waals surface area contributed by atoms with Crippen LogP contribution in [0.15, 0.2) is 120 Å². The number of hydrogen-bond acceptors (Lipinski definition) is 7. The third-order valence-electron chi connectivity index (χ3n) is 9.41. The standard InChI is InChI=1S/C39H44N4O5/c1-3-33(40-47)31-19-11-17-29(21-31)25-42-35(23-27-13-7-5-8-14-27)37(44)38(45)36(24-28-15-9-6-10-16-28)43(39(42)46)26-30-18-12-20-32(22-30)34(4-2)41-48/h5-22,33-38,44-45H,3-4,23-26H2,1-2H3/t33?,34?,35-,36-,37+,38+/m1/s1. The third-order valence-corrected chi connectivity index (χ3v) is 9.41. The lowest BCUT2D eigenvalue weighted by atomic mass is 9.90. The molecule has 0 spiro atoms. The third kappa shape index (κ3) is 8.03. The smallest absolute Gasteiger partial charge is 0.321 e. The summed E-state index contributed by atoms with van der Waals surface area (Å²) in [5.74, 6) is 0. The summed E-state index contributed by atoms with van der Waals surface area (Å²) >= 11 is 0. The average molecular weight is 649 g/mol. The van der Waals surface area contributed by atoms with Crippen LogP contribution in [0.1, 0.15) is 72.2 Å². The van der Waals surface area contributed by atoms with E-state index >= 15 is 4.79 Å². The van der Waals surface area contributed by atoms with Crippen LogP contribution in [-0.4, -0.2) is 50.3 Å². The van der Waals surface area contributed by atoms with Gasteiger partial charge >= 0.3 is 6.03 Å². The fraction of sp³-hybridized carbons (Fsp3) is 0.359. The summed E-state index contributed by atoms with van der Waals surface area (Å²) in [4.78, 5) is 41.5. The minimum Gasteiger partial charge on any atom is -0.388 e. The molecule has 1 aliphatic heterocycles. The second-order valence-electron chi connectivity index (χ2n) is 12.6. The maximum atomic E-state index is 15.0. The normalized spacial score (nSPS) is 21.0. The van der Waals surface area contributed by atoms with Crippen LogP contribution in [-0.2, 0) is 25.9 Å². The lowest BCUT2D eigenvalue weighted by Gasteiger charge is -2.36. The second kappa shape index (κ2) is 16.4. The minimum absolute atomic E-state index is 0.144. The van der Waals surface area contributed by atoms with Gasteiger partial charge in [0.05, 0.1) is 12.1 Å². The number of carbonyl (C=O) groups is 1. The van der Waals surface area contributed by atoms with Gasteiger partial charge in [-0.3, -0.25) is 0 Å². The van der Waals surface area contributed by atoms with Crippen molar-refractivity contribution in [3.8, 4) is 0 Å². The first-order valence-electron chi connectivity index (χ1n) is 16.7. The van der Waals surface area contributed by atoms with Crippen molar-refractivity contribution in [1.29, 1.82) is 0 Å². The maximum absolute atomic E-state index is 15.0. The van der Waals surface area contributed by atoms with E-state index < -0.39 is 36.4 Å². The largest absolute Gasteiger partial charge is 0.388 e. The topological polar surface area (TPSA) is 123 Å². The molecule has 1 aliphatic rings. The number of benzene rings is 4. The van der Waals surface area contributed by atoms with Gasteiger partial charge in [-0.25, -0.2) is 4.79 Å². The molecule has 9 heteroatoms. The van der Waals surface area contributed by atoms with Gasteiger partial charge in [0.1, 0.15) is 24.3 Å². The fourth-order valence-corrected chi connectivity index (χ4v) is 6.75. The van der Waals surface area contributed by atoms with Crippen LogP contribution in [0.5, 0.6) is 0 Å². The Balaban J connectivity index is 1.60. The zero-order valence-corrected chi connectivity index (χ0v) is 27.5. The quantitative estimate of drug-likeness (QED) is 0.137. The lowest BCUT2D eigenvalue weighted by Crippen LogP contribution is -2.50.